The lowest BCUT2D eigenvalue weighted by Crippen LogP contribution is -2.34. The lowest BCUT2D eigenvalue weighted by atomic mass is 10.1. The van der Waals surface area contributed by atoms with Crippen molar-refractivity contribution in [1.29, 1.82) is 0 Å². The quantitative estimate of drug-likeness (QED) is 0.801. The highest BCUT2D eigenvalue weighted by Gasteiger charge is 2.38. The lowest BCUT2D eigenvalue weighted by molar-refractivity contribution is -0.170. The Bertz CT molecular complexity index is 817. The Morgan fingerprint density at radius 3 is 2.17 bits per heavy atom. The molecule has 3 rings (SSSR count). The van der Waals surface area contributed by atoms with Gasteiger partial charge < -0.3 is 9.57 Å². The van der Waals surface area contributed by atoms with Crippen LogP contribution in [0.4, 0.5) is 8.78 Å². The molecular weight excluding hydrogens is 324 g/mol. The summed E-state index contributed by atoms with van der Waals surface area (Å²) in [6, 6.07) is 8.71. The molecule has 0 N–H and O–H groups in total. The summed E-state index contributed by atoms with van der Waals surface area (Å²) in [5.74, 6) is -4.88. The number of carbonyl (C=O) groups excluding carboxylic acids is 3. The zero-order valence-corrected chi connectivity index (χ0v) is 12.0. The zero-order chi connectivity index (χ0) is 17.3. The third-order valence-electron chi connectivity index (χ3n) is 3.20. The molecule has 1 aliphatic rings. The molecule has 24 heavy (non-hydrogen) atoms. The lowest BCUT2D eigenvalue weighted by Gasteiger charge is -2.13. The summed E-state index contributed by atoms with van der Waals surface area (Å²) >= 11 is 0. The van der Waals surface area contributed by atoms with E-state index in [2.05, 4.69) is 0 Å². The van der Waals surface area contributed by atoms with E-state index in [1.165, 1.54) is 12.1 Å². The summed E-state index contributed by atoms with van der Waals surface area (Å²) in [7, 11) is 0. The molecule has 0 fully saturated rings. The summed E-state index contributed by atoms with van der Waals surface area (Å²) in [5.41, 5.74) is 0.244. The molecule has 2 aromatic rings. The second-order valence-corrected chi connectivity index (χ2v) is 4.78. The van der Waals surface area contributed by atoms with E-state index in [4.69, 9.17) is 9.57 Å². The van der Waals surface area contributed by atoms with Gasteiger partial charge >= 0.3 is 5.97 Å². The highest BCUT2D eigenvalue weighted by molar-refractivity contribution is 6.20. The van der Waals surface area contributed by atoms with Crippen LogP contribution in [0.2, 0.25) is 0 Å². The molecule has 0 radical (unpaired) electrons. The van der Waals surface area contributed by atoms with Gasteiger partial charge in [0.2, 0.25) is 0 Å². The number of carbonyl (C=O) groups is 3. The first kappa shape index (κ1) is 15.6. The molecule has 6 nitrogen and oxygen atoms in total. The largest absolute Gasteiger partial charge is 0.482 e. The first-order valence-electron chi connectivity index (χ1n) is 6.74. The number of nitrogens with zero attached hydrogens (tertiary/aromatic N) is 1. The molecule has 0 aliphatic carbocycles. The fraction of sp³-hybridized carbons (Fsp3) is 0.0625. The Morgan fingerprint density at radius 2 is 1.58 bits per heavy atom. The Kier molecular flexibility index (Phi) is 3.95. The van der Waals surface area contributed by atoms with Crippen molar-refractivity contribution in [3.05, 3.63) is 65.2 Å². The van der Waals surface area contributed by atoms with E-state index in [9.17, 15) is 23.2 Å². The number of halogens is 2. The summed E-state index contributed by atoms with van der Waals surface area (Å²) < 4.78 is 30.7. The molecule has 8 heteroatoms. The van der Waals surface area contributed by atoms with Crippen LogP contribution in [0, 0.1) is 11.6 Å². The minimum absolute atomic E-state index is 0.104. The Hall–Kier alpha value is -3.29. The SMILES string of the molecule is O=C(COc1ccc(F)c(F)c1)ON1C(=O)c2ccccc2C1=O. The maximum absolute atomic E-state index is 13.0. The fourth-order valence-corrected chi connectivity index (χ4v) is 2.09. The summed E-state index contributed by atoms with van der Waals surface area (Å²) in [4.78, 5) is 40.4. The number of hydrogen-bond donors (Lipinski definition) is 0. The molecule has 0 unspecified atom stereocenters. The Morgan fingerprint density at radius 1 is 0.958 bits per heavy atom. The molecule has 1 heterocycles. The molecule has 2 amide bonds. The van der Waals surface area contributed by atoms with Gasteiger partial charge in [-0.25, -0.2) is 13.6 Å². The third kappa shape index (κ3) is 2.81. The van der Waals surface area contributed by atoms with Gasteiger partial charge in [0.15, 0.2) is 18.2 Å². The number of fused-ring (bicyclic) bond motifs is 1. The van der Waals surface area contributed by atoms with Gasteiger partial charge in [0, 0.05) is 6.07 Å². The smallest absolute Gasteiger partial charge is 0.370 e. The van der Waals surface area contributed by atoms with Crippen LogP contribution in [-0.4, -0.2) is 29.5 Å². The molecule has 1 aliphatic heterocycles. The van der Waals surface area contributed by atoms with E-state index in [0.717, 1.165) is 18.2 Å². The van der Waals surface area contributed by atoms with Gasteiger partial charge in [0.25, 0.3) is 11.8 Å². The first-order chi connectivity index (χ1) is 11.5. The van der Waals surface area contributed by atoms with Crippen molar-refractivity contribution in [2.45, 2.75) is 0 Å². The van der Waals surface area contributed by atoms with Gasteiger partial charge in [0.05, 0.1) is 11.1 Å². The van der Waals surface area contributed by atoms with Gasteiger partial charge in [-0.3, -0.25) is 9.59 Å². The third-order valence-corrected chi connectivity index (χ3v) is 3.20. The van der Waals surface area contributed by atoms with E-state index in [1.807, 2.05) is 0 Å². The van der Waals surface area contributed by atoms with Crippen LogP contribution in [0.1, 0.15) is 20.7 Å². The predicted molar refractivity (Wildman–Crippen MR) is 74.9 cm³/mol. The Balaban J connectivity index is 1.63. The topological polar surface area (TPSA) is 72.9 Å². The van der Waals surface area contributed by atoms with Crippen molar-refractivity contribution in [2.75, 3.05) is 6.61 Å². The normalized spacial score (nSPS) is 13.0. The van der Waals surface area contributed by atoms with Gasteiger partial charge in [-0.05, 0) is 24.3 Å². The zero-order valence-electron chi connectivity index (χ0n) is 12.0. The van der Waals surface area contributed by atoms with Crippen molar-refractivity contribution in [1.82, 2.24) is 5.06 Å². The highest BCUT2D eigenvalue weighted by Crippen LogP contribution is 2.22. The number of hydroxylamine groups is 2. The van der Waals surface area contributed by atoms with Crippen LogP contribution in [-0.2, 0) is 9.63 Å². The molecular formula is C16H9F2NO5. The van der Waals surface area contributed by atoms with Crippen LogP contribution in [0.25, 0.3) is 0 Å². The Labute approximate surface area is 134 Å². The monoisotopic (exact) mass is 333 g/mol. The number of imide groups is 1. The van der Waals surface area contributed by atoms with Crippen molar-refractivity contribution in [3.63, 3.8) is 0 Å². The molecule has 0 atom stereocenters. The molecule has 2 aromatic carbocycles. The number of benzene rings is 2. The van der Waals surface area contributed by atoms with Crippen LogP contribution < -0.4 is 4.74 Å². The fourth-order valence-electron chi connectivity index (χ4n) is 2.09. The second-order valence-electron chi connectivity index (χ2n) is 4.78. The number of amides is 2. The maximum Gasteiger partial charge on any atom is 0.370 e. The average molecular weight is 333 g/mol. The van der Waals surface area contributed by atoms with E-state index >= 15 is 0 Å². The van der Waals surface area contributed by atoms with E-state index in [0.29, 0.717) is 5.06 Å². The van der Waals surface area contributed by atoms with Crippen molar-refractivity contribution in [3.8, 4) is 5.75 Å². The number of rotatable bonds is 4. The van der Waals surface area contributed by atoms with Crippen LogP contribution >= 0.6 is 0 Å². The van der Waals surface area contributed by atoms with Gasteiger partial charge in [-0.1, -0.05) is 17.2 Å². The van der Waals surface area contributed by atoms with Gasteiger partial charge in [0.1, 0.15) is 5.75 Å². The minimum atomic E-state index is -1.14. The standard InChI is InChI=1S/C16H9F2NO5/c17-12-6-5-9(7-13(12)18)23-8-14(20)24-19-15(21)10-3-1-2-4-11(10)16(19)22/h1-7H,8H2. The van der Waals surface area contributed by atoms with Gasteiger partial charge in [-0.2, -0.15) is 0 Å². The summed E-state index contributed by atoms with van der Waals surface area (Å²) in [6.07, 6.45) is 0. The molecule has 0 spiro atoms. The number of hydrogen-bond acceptors (Lipinski definition) is 5. The number of ether oxygens (including phenoxy) is 1. The van der Waals surface area contributed by atoms with E-state index in [1.54, 1.807) is 12.1 Å². The summed E-state index contributed by atoms with van der Waals surface area (Å²) in [6.45, 7) is -0.696. The molecule has 122 valence electrons. The minimum Gasteiger partial charge on any atom is -0.482 e. The van der Waals surface area contributed by atoms with Crippen LogP contribution in [0.3, 0.4) is 0 Å². The van der Waals surface area contributed by atoms with E-state index < -0.39 is 36.0 Å². The summed E-state index contributed by atoms with van der Waals surface area (Å²) in [5, 5.41) is 0.335. The first-order valence-corrected chi connectivity index (χ1v) is 6.74. The van der Waals surface area contributed by atoms with Crippen LogP contribution in [0.15, 0.2) is 42.5 Å². The molecule has 0 saturated heterocycles. The maximum atomic E-state index is 13.0. The van der Waals surface area contributed by atoms with E-state index in [-0.39, 0.29) is 16.9 Å². The molecule has 0 aromatic heterocycles. The van der Waals surface area contributed by atoms with Crippen LogP contribution in [0.5, 0.6) is 5.75 Å². The van der Waals surface area contributed by atoms with Crippen molar-refractivity contribution in [2.24, 2.45) is 0 Å². The van der Waals surface area contributed by atoms with Gasteiger partial charge in [-0.15, -0.1) is 0 Å². The molecule has 0 saturated carbocycles. The van der Waals surface area contributed by atoms with Crippen molar-refractivity contribution >= 4 is 17.8 Å². The molecule has 0 bridgehead atoms. The second kappa shape index (κ2) is 6.07. The average Bonchev–Trinajstić information content (AvgIpc) is 2.81. The highest BCUT2D eigenvalue weighted by atomic mass is 19.2. The predicted octanol–water partition coefficient (Wildman–Crippen LogP) is 2.10. The van der Waals surface area contributed by atoms with Crippen molar-refractivity contribution < 1.29 is 32.7 Å².